The third-order valence-corrected chi connectivity index (χ3v) is 3.89. The summed E-state index contributed by atoms with van der Waals surface area (Å²) in [4.78, 5) is 24.3. The normalized spacial score (nSPS) is 12.7. The van der Waals surface area contributed by atoms with E-state index in [9.17, 15) is 9.59 Å². The molecule has 0 bridgehead atoms. The zero-order chi connectivity index (χ0) is 14.8. The molecule has 0 atom stereocenters. The minimum absolute atomic E-state index is 0.0634. The van der Waals surface area contributed by atoms with Crippen LogP contribution in [0, 0.1) is 11.3 Å². The lowest BCUT2D eigenvalue weighted by atomic mass is 10.1. The summed E-state index contributed by atoms with van der Waals surface area (Å²) in [6.45, 7) is 0.0634. The van der Waals surface area contributed by atoms with Crippen LogP contribution in [0.3, 0.4) is 0 Å². The summed E-state index contributed by atoms with van der Waals surface area (Å²) >= 11 is 0. The number of aromatic nitrogens is 1. The van der Waals surface area contributed by atoms with E-state index >= 15 is 0 Å². The van der Waals surface area contributed by atoms with Crippen molar-refractivity contribution >= 4 is 5.78 Å². The van der Waals surface area contributed by atoms with Crippen LogP contribution in [-0.4, -0.2) is 10.4 Å². The number of rotatable bonds is 3. The molecule has 1 aliphatic carbocycles. The maximum Gasteiger partial charge on any atom is 0.251 e. The molecule has 4 heteroatoms. The predicted molar refractivity (Wildman–Crippen MR) is 78.2 cm³/mol. The summed E-state index contributed by atoms with van der Waals surface area (Å²) in [6.07, 6.45) is 2.86. The third kappa shape index (κ3) is 2.50. The minimum atomic E-state index is -0.127. The number of hydrogen-bond donors (Lipinski definition) is 0. The second-order valence-electron chi connectivity index (χ2n) is 5.20. The monoisotopic (exact) mass is 278 g/mol. The standard InChI is InChI=1S/C17H14N2O2/c18-10-12-4-6-14(7-5-12)16(20)11-19-15-3-1-2-13(15)8-9-17(19)21/h4-9H,1-3,11H2. The molecular formula is C17H14N2O2. The van der Waals surface area contributed by atoms with E-state index in [1.165, 1.54) is 11.6 Å². The van der Waals surface area contributed by atoms with E-state index in [0.717, 1.165) is 25.0 Å². The number of carbonyl (C=O) groups is 1. The van der Waals surface area contributed by atoms with Gasteiger partial charge in [-0.3, -0.25) is 9.59 Å². The minimum Gasteiger partial charge on any atom is -0.305 e. The molecular weight excluding hydrogens is 264 g/mol. The van der Waals surface area contributed by atoms with E-state index < -0.39 is 0 Å². The first-order valence-electron chi connectivity index (χ1n) is 6.94. The molecule has 0 saturated carbocycles. The Kier molecular flexibility index (Phi) is 3.41. The molecule has 1 aromatic carbocycles. The van der Waals surface area contributed by atoms with E-state index in [0.29, 0.717) is 11.1 Å². The van der Waals surface area contributed by atoms with Crippen molar-refractivity contribution in [2.75, 3.05) is 0 Å². The highest BCUT2D eigenvalue weighted by molar-refractivity contribution is 5.96. The quantitative estimate of drug-likeness (QED) is 0.808. The Labute approximate surface area is 122 Å². The van der Waals surface area contributed by atoms with E-state index in [2.05, 4.69) is 0 Å². The van der Waals surface area contributed by atoms with Gasteiger partial charge in [0.05, 0.1) is 18.2 Å². The lowest BCUT2D eigenvalue weighted by Crippen LogP contribution is -2.26. The highest BCUT2D eigenvalue weighted by Crippen LogP contribution is 2.20. The predicted octanol–water partition coefficient (Wildman–Crippen LogP) is 2.09. The molecule has 104 valence electrons. The molecule has 0 N–H and O–H groups in total. The van der Waals surface area contributed by atoms with Crippen LogP contribution in [0.1, 0.15) is 33.6 Å². The molecule has 0 fully saturated rings. The number of pyridine rings is 1. The van der Waals surface area contributed by atoms with Crippen molar-refractivity contribution in [3.05, 3.63) is 69.1 Å². The summed E-state index contributed by atoms with van der Waals surface area (Å²) in [5.74, 6) is -0.109. The van der Waals surface area contributed by atoms with Gasteiger partial charge < -0.3 is 4.57 Å². The molecule has 3 rings (SSSR count). The molecule has 21 heavy (non-hydrogen) atoms. The maximum atomic E-state index is 12.3. The van der Waals surface area contributed by atoms with Gasteiger partial charge in [-0.1, -0.05) is 18.2 Å². The third-order valence-electron chi connectivity index (χ3n) is 3.89. The highest BCUT2D eigenvalue weighted by atomic mass is 16.1. The Bertz CT molecular complexity index is 795. The second kappa shape index (κ2) is 5.37. The number of ketones is 1. The van der Waals surface area contributed by atoms with Crippen molar-refractivity contribution in [2.24, 2.45) is 0 Å². The first kappa shape index (κ1) is 13.3. The van der Waals surface area contributed by atoms with Crippen molar-refractivity contribution in [1.82, 2.24) is 4.57 Å². The first-order valence-corrected chi connectivity index (χ1v) is 6.94. The van der Waals surface area contributed by atoms with Crippen LogP contribution in [0.4, 0.5) is 0 Å². The van der Waals surface area contributed by atoms with Crippen LogP contribution in [0.5, 0.6) is 0 Å². The van der Waals surface area contributed by atoms with Crippen molar-refractivity contribution < 1.29 is 4.79 Å². The number of Topliss-reactive ketones (excluding diaryl/α,β-unsaturated/α-hetero) is 1. The second-order valence-corrected chi connectivity index (χ2v) is 5.20. The van der Waals surface area contributed by atoms with Crippen LogP contribution >= 0.6 is 0 Å². The van der Waals surface area contributed by atoms with Gasteiger partial charge in [0.15, 0.2) is 5.78 Å². The number of hydrogen-bond acceptors (Lipinski definition) is 3. The number of nitrogens with zero attached hydrogens (tertiary/aromatic N) is 2. The summed E-state index contributed by atoms with van der Waals surface area (Å²) in [5, 5.41) is 8.76. The average Bonchev–Trinajstić information content (AvgIpc) is 2.99. The van der Waals surface area contributed by atoms with Crippen LogP contribution in [-0.2, 0) is 19.4 Å². The van der Waals surface area contributed by atoms with Gasteiger partial charge >= 0.3 is 0 Å². The Morgan fingerprint density at radius 3 is 2.62 bits per heavy atom. The van der Waals surface area contributed by atoms with Gasteiger partial charge in [0.2, 0.25) is 0 Å². The lowest BCUT2D eigenvalue weighted by molar-refractivity contribution is 0.0970. The van der Waals surface area contributed by atoms with Crippen molar-refractivity contribution in [3.8, 4) is 6.07 Å². The summed E-state index contributed by atoms with van der Waals surface area (Å²) in [5.41, 5.74) is 3.07. The molecule has 0 saturated heterocycles. The van der Waals surface area contributed by atoms with E-state index in [-0.39, 0.29) is 17.9 Å². The van der Waals surface area contributed by atoms with Crippen LogP contribution in [0.2, 0.25) is 0 Å². The SMILES string of the molecule is N#Cc1ccc(C(=O)Cn2c3c(ccc2=O)CCC3)cc1. The molecule has 0 spiro atoms. The largest absolute Gasteiger partial charge is 0.305 e. The van der Waals surface area contributed by atoms with E-state index in [1.54, 1.807) is 28.8 Å². The molecule has 0 aliphatic heterocycles. The van der Waals surface area contributed by atoms with Gasteiger partial charge in [-0.25, -0.2) is 0 Å². The van der Waals surface area contributed by atoms with Gasteiger partial charge in [0, 0.05) is 17.3 Å². The van der Waals surface area contributed by atoms with Crippen LogP contribution in [0.15, 0.2) is 41.2 Å². The Balaban J connectivity index is 1.90. The zero-order valence-electron chi connectivity index (χ0n) is 11.5. The molecule has 1 aromatic heterocycles. The lowest BCUT2D eigenvalue weighted by Gasteiger charge is -2.11. The van der Waals surface area contributed by atoms with Crippen LogP contribution in [0.25, 0.3) is 0 Å². The summed E-state index contributed by atoms with van der Waals surface area (Å²) < 4.78 is 1.59. The van der Waals surface area contributed by atoms with Crippen LogP contribution < -0.4 is 5.56 Å². The molecule has 1 aliphatic rings. The van der Waals surface area contributed by atoms with Crippen molar-refractivity contribution in [1.29, 1.82) is 5.26 Å². The van der Waals surface area contributed by atoms with Gasteiger partial charge in [0.1, 0.15) is 0 Å². The topological polar surface area (TPSA) is 62.9 Å². The van der Waals surface area contributed by atoms with Gasteiger partial charge in [-0.05, 0) is 37.0 Å². The Morgan fingerprint density at radius 1 is 1.14 bits per heavy atom. The molecule has 0 unspecified atom stereocenters. The van der Waals surface area contributed by atoms with E-state index in [4.69, 9.17) is 5.26 Å². The van der Waals surface area contributed by atoms with Gasteiger partial charge in [0.25, 0.3) is 5.56 Å². The van der Waals surface area contributed by atoms with E-state index in [1.807, 2.05) is 12.1 Å². The smallest absolute Gasteiger partial charge is 0.251 e. The molecule has 0 radical (unpaired) electrons. The maximum absolute atomic E-state index is 12.3. The fourth-order valence-corrected chi connectivity index (χ4v) is 2.77. The Hall–Kier alpha value is -2.67. The van der Waals surface area contributed by atoms with Crippen molar-refractivity contribution in [2.45, 2.75) is 25.8 Å². The number of nitriles is 1. The number of benzene rings is 1. The fourth-order valence-electron chi connectivity index (χ4n) is 2.77. The number of aryl methyl sites for hydroxylation is 1. The molecule has 1 heterocycles. The highest BCUT2D eigenvalue weighted by Gasteiger charge is 2.17. The molecule has 4 nitrogen and oxygen atoms in total. The van der Waals surface area contributed by atoms with Crippen molar-refractivity contribution in [3.63, 3.8) is 0 Å². The summed E-state index contributed by atoms with van der Waals surface area (Å²) in [6, 6.07) is 11.9. The molecule has 0 amide bonds. The number of fused-ring (bicyclic) bond motifs is 1. The average molecular weight is 278 g/mol. The fraction of sp³-hybridized carbons (Fsp3) is 0.235. The Morgan fingerprint density at radius 2 is 1.90 bits per heavy atom. The number of carbonyl (C=O) groups excluding carboxylic acids is 1. The summed E-state index contributed by atoms with van der Waals surface area (Å²) in [7, 11) is 0. The van der Waals surface area contributed by atoms with Gasteiger partial charge in [-0.2, -0.15) is 5.26 Å². The molecule has 2 aromatic rings. The zero-order valence-corrected chi connectivity index (χ0v) is 11.5. The van der Waals surface area contributed by atoms with Gasteiger partial charge in [-0.15, -0.1) is 0 Å². The first-order chi connectivity index (χ1) is 10.2.